The molecule has 0 atom stereocenters. The van der Waals surface area contributed by atoms with E-state index in [-0.39, 0.29) is 34.2 Å². The standard InChI is InChI=1S/C29H22ClFN6O3/c1-40-27-13-18(10-12-33-27)17-34-29(39)25-16-26(37(36-25)19-7-3-2-4-8-19)35-28(38)20-14-21(23(31)15-22(20)30)24-9-5-6-11-32-24/h2-16H,17H2,1H3,(H,34,39)(H,35,38). The van der Waals surface area contributed by atoms with Gasteiger partial charge in [-0.3, -0.25) is 14.6 Å². The number of carbonyl (C=O) groups excluding carboxylic acids is 2. The maximum Gasteiger partial charge on any atom is 0.272 e. The van der Waals surface area contributed by atoms with Gasteiger partial charge < -0.3 is 15.4 Å². The summed E-state index contributed by atoms with van der Waals surface area (Å²) in [5.74, 6) is -1.05. The highest BCUT2D eigenvalue weighted by molar-refractivity contribution is 6.34. The van der Waals surface area contributed by atoms with Crippen molar-refractivity contribution in [1.29, 1.82) is 0 Å². The van der Waals surface area contributed by atoms with Crippen molar-refractivity contribution in [2.75, 3.05) is 12.4 Å². The van der Waals surface area contributed by atoms with Gasteiger partial charge in [0.1, 0.15) is 11.6 Å². The molecule has 0 unspecified atom stereocenters. The lowest BCUT2D eigenvalue weighted by Gasteiger charge is -2.11. The molecular weight excluding hydrogens is 535 g/mol. The molecule has 9 nitrogen and oxygen atoms in total. The van der Waals surface area contributed by atoms with Gasteiger partial charge >= 0.3 is 0 Å². The lowest BCUT2D eigenvalue weighted by atomic mass is 10.1. The normalized spacial score (nSPS) is 10.7. The third-order valence-corrected chi connectivity index (χ3v) is 6.20. The van der Waals surface area contributed by atoms with E-state index in [1.54, 1.807) is 60.8 Å². The number of benzene rings is 2. The molecule has 0 saturated carbocycles. The molecule has 0 fully saturated rings. The van der Waals surface area contributed by atoms with E-state index in [0.717, 1.165) is 11.6 Å². The molecule has 3 heterocycles. The molecule has 2 N–H and O–H groups in total. The Morgan fingerprint density at radius 2 is 1.75 bits per heavy atom. The Hall–Kier alpha value is -5.09. The number of nitrogens with one attached hydrogen (secondary N) is 2. The van der Waals surface area contributed by atoms with E-state index in [1.807, 2.05) is 6.07 Å². The first kappa shape index (κ1) is 26.5. The summed E-state index contributed by atoms with van der Waals surface area (Å²) in [7, 11) is 1.51. The van der Waals surface area contributed by atoms with E-state index in [0.29, 0.717) is 17.3 Å². The van der Waals surface area contributed by atoms with Crippen molar-refractivity contribution in [3.8, 4) is 22.8 Å². The van der Waals surface area contributed by atoms with Crippen LogP contribution in [0, 0.1) is 5.82 Å². The van der Waals surface area contributed by atoms with Crippen molar-refractivity contribution >= 4 is 29.2 Å². The van der Waals surface area contributed by atoms with Crippen molar-refractivity contribution in [2.45, 2.75) is 6.54 Å². The Labute approximate surface area is 233 Å². The van der Waals surface area contributed by atoms with E-state index >= 15 is 0 Å². The van der Waals surface area contributed by atoms with Gasteiger partial charge in [-0.15, -0.1) is 0 Å². The molecule has 2 amide bonds. The van der Waals surface area contributed by atoms with Crippen LogP contribution in [0.3, 0.4) is 0 Å². The lowest BCUT2D eigenvalue weighted by molar-refractivity contribution is 0.0944. The number of hydrogen-bond donors (Lipinski definition) is 2. The number of nitrogens with zero attached hydrogens (tertiary/aromatic N) is 4. The number of amides is 2. The number of para-hydroxylation sites is 1. The van der Waals surface area contributed by atoms with Crippen LogP contribution >= 0.6 is 11.6 Å². The van der Waals surface area contributed by atoms with Gasteiger partial charge in [-0.1, -0.05) is 35.9 Å². The summed E-state index contributed by atoms with van der Waals surface area (Å²) < 4.78 is 21.2. The molecule has 11 heteroatoms. The summed E-state index contributed by atoms with van der Waals surface area (Å²) >= 11 is 6.26. The zero-order chi connectivity index (χ0) is 28.1. The Morgan fingerprint density at radius 3 is 2.50 bits per heavy atom. The number of anilines is 1. The van der Waals surface area contributed by atoms with Gasteiger partial charge in [-0.05, 0) is 48.0 Å². The van der Waals surface area contributed by atoms with Gasteiger partial charge in [0.25, 0.3) is 11.8 Å². The number of hydrogen-bond acceptors (Lipinski definition) is 6. The topological polar surface area (TPSA) is 111 Å². The van der Waals surface area contributed by atoms with E-state index < -0.39 is 17.6 Å². The number of ether oxygens (including phenoxy) is 1. The molecule has 0 aliphatic carbocycles. The fourth-order valence-corrected chi connectivity index (χ4v) is 4.15. The average Bonchev–Trinajstić information content (AvgIpc) is 3.40. The smallest absolute Gasteiger partial charge is 0.272 e. The number of pyridine rings is 2. The monoisotopic (exact) mass is 556 g/mol. The van der Waals surface area contributed by atoms with Crippen LogP contribution in [-0.4, -0.2) is 38.7 Å². The number of halogens is 2. The second-order valence-electron chi connectivity index (χ2n) is 8.53. The summed E-state index contributed by atoms with van der Waals surface area (Å²) in [6, 6.07) is 21.4. The molecule has 40 heavy (non-hydrogen) atoms. The van der Waals surface area contributed by atoms with E-state index in [9.17, 15) is 14.0 Å². The SMILES string of the molecule is COc1cc(CNC(=O)c2cc(NC(=O)c3cc(-c4ccccn4)c(F)cc3Cl)n(-c3ccccc3)n2)ccn1. The van der Waals surface area contributed by atoms with Gasteiger partial charge in [0.15, 0.2) is 5.69 Å². The molecule has 0 aliphatic heterocycles. The minimum atomic E-state index is -0.616. The van der Waals surface area contributed by atoms with Crippen LogP contribution in [0.2, 0.25) is 5.02 Å². The fourth-order valence-electron chi connectivity index (χ4n) is 3.92. The predicted octanol–water partition coefficient (Wildman–Crippen LogP) is 5.31. The Bertz CT molecular complexity index is 1680. The van der Waals surface area contributed by atoms with Crippen molar-refractivity contribution in [2.24, 2.45) is 0 Å². The van der Waals surface area contributed by atoms with Crippen molar-refractivity contribution < 1.29 is 18.7 Å². The molecule has 2 aromatic carbocycles. The van der Waals surface area contributed by atoms with Crippen LogP contribution in [0.15, 0.2) is 91.3 Å². The molecule has 0 saturated heterocycles. The fraction of sp³-hybridized carbons (Fsp3) is 0.0690. The first-order valence-electron chi connectivity index (χ1n) is 12.1. The molecule has 0 bridgehead atoms. The van der Waals surface area contributed by atoms with Crippen molar-refractivity contribution in [1.82, 2.24) is 25.1 Å². The van der Waals surface area contributed by atoms with Crippen molar-refractivity contribution in [3.63, 3.8) is 0 Å². The molecule has 5 rings (SSSR count). The van der Waals surface area contributed by atoms with Crippen LogP contribution in [-0.2, 0) is 6.54 Å². The summed E-state index contributed by atoms with van der Waals surface area (Å²) in [5, 5.41) is 9.91. The van der Waals surface area contributed by atoms with E-state index in [1.165, 1.54) is 30.1 Å². The zero-order valence-electron chi connectivity index (χ0n) is 21.1. The summed E-state index contributed by atoms with van der Waals surface area (Å²) in [6.45, 7) is 0.207. The minimum absolute atomic E-state index is 0.0298. The molecule has 0 radical (unpaired) electrons. The second kappa shape index (κ2) is 11.7. The Balaban J connectivity index is 1.43. The molecule has 0 spiro atoms. The van der Waals surface area contributed by atoms with Gasteiger partial charge in [0.05, 0.1) is 29.1 Å². The Kier molecular flexibility index (Phi) is 7.79. The number of carbonyl (C=O) groups is 2. The van der Waals surface area contributed by atoms with Crippen LogP contribution in [0.5, 0.6) is 5.88 Å². The molecule has 0 aliphatic rings. The first-order chi connectivity index (χ1) is 19.4. The lowest BCUT2D eigenvalue weighted by Crippen LogP contribution is -2.23. The third-order valence-electron chi connectivity index (χ3n) is 5.89. The minimum Gasteiger partial charge on any atom is -0.481 e. The molecule has 5 aromatic rings. The molecule has 200 valence electrons. The van der Waals surface area contributed by atoms with Crippen LogP contribution in [0.4, 0.5) is 10.2 Å². The van der Waals surface area contributed by atoms with Crippen molar-refractivity contribution in [3.05, 3.63) is 119 Å². The highest BCUT2D eigenvalue weighted by Crippen LogP contribution is 2.28. The van der Waals surface area contributed by atoms with E-state index in [4.69, 9.17) is 16.3 Å². The van der Waals surface area contributed by atoms with Gasteiger partial charge in [0.2, 0.25) is 5.88 Å². The second-order valence-corrected chi connectivity index (χ2v) is 8.94. The predicted molar refractivity (Wildman–Crippen MR) is 148 cm³/mol. The maximum atomic E-state index is 14.7. The zero-order valence-corrected chi connectivity index (χ0v) is 21.9. The van der Waals surface area contributed by atoms with Gasteiger partial charge in [-0.25, -0.2) is 14.1 Å². The first-order valence-corrected chi connectivity index (χ1v) is 12.4. The van der Waals surface area contributed by atoms with Gasteiger partial charge in [-0.2, -0.15) is 5.10 Å². The maximum absolute atomic E-state index is 14.7. The summed E-state index contributed by atoms with van der Waals surface area (Å²) in [6.07, 6.45) is 3.11. The van der Waals surface area contributed by atoms with Crippen LogP contribution in [0.25, 0.3) is 16.9 Å². The molecular formula is C29H22ClFN6O3. The molecule has 3 aromatic heterocycles. The third kappa shape index (κ3) is 5.82. The van der Waals surface area contributed by atoms with Crippen LogP contribution < -0.4 is 15.4 Å². The average molecular weight is 557 g/mol. The van der Waals surface area contributed by atoms with Gasteiger partial charge in [0, 0.05) is 36.6 Å². The summed E-state index contributed by atoms with van der Waals surface area (Å²) in [4.78, 5) is 34.6. The number of rotatable bonds is 8. The summed E-state index contributed by atoms with van der Waals surface area (Å²) in [5.41, 5.74) is 1.97. The highest BCUT2D eigenvalue weighted by atomic mass is 35.5. The number of methoxy groups -OCH3 is 1. The van der Waals surface area contributed by atoms with E-state index in [2.05, 4.69) is 25.7 Å². The largest absolute Gasteiger partial charge is 0.481 e. The quantitative estimate of drug-likeness (QED) is 0.268. The highest BCUT2D eigenvalue weighted by Gasteiger charge is 2.21. The Morgan fingerprint density at radius 1 is 0.950 bits per heavy atom. The van der Waals surface area contributed by atoms with Crippen LogP contribution in [0.1, 0.15) is 26.4 Å². The number of aromatic nitrogens is 4.